The highest BCUT2D eigenvalue weighted by atomic mass is 32.3. The first-order valence-corrected chi connectivity index (χ1v) is 14.5. The van der Waals surface area contributed by atoms with E-state index in [1.807, 2.05) is 4.90 Å². The highest BCUT2D eigenvalue weighted by Crippen LogP contribution is 2.39. The van der Waals surface area contributed by atoms with E-state index in [2.05, 4.69) is 20.3 Å². The van der Waals surface area contributed by atoms with E-state index in [1.165, 1.54) is 24.7 Å². The van der Waals surface area contributed by atoms with Crippen molar-refractivity contribution in [1.29, 1.82) is 0 Å². The second-order valence-electron chi connectivity index (χ2n) is 9.86. The Morgan fingerprint density at radius 1 is 0.814 bits per heavy atom. The predicted octanol–water partition coefficient (Wildman–Crippen LogP) is 5.60. The standard InChI is InChI=1S/C26H26F6N6.H2O4S/c27-25(28,29)17-6-7-21(22(15-17)37-11-2-1-3-12-37)36-23-18-8-13-38(14-9-20(18)34-16-35-23)24-19(26(30,31)32)5-4-10-33-24;1-5(2,3)4/h4-7,10,15-16H,1-3,8-9,11-14H2,(H,34,35,36);(H2,1,2,3,4). The molecular weight excluding hydrogens is 606 g/mol. The number of rotatable bonds is 4. The number of alkyl halides is 6. The van der Waals surface area contributed by atoms with Gasteiger partial charge in [0.15, 0.2) is 0 Å². The molecule has 234 valence electrons. The van der Waals surface area contributed by atoms with E-state index in [4.69, 9.17) is 17.5 Å². The SMILES string of the molecule is FC(F)(F)c1ccc(Nc2ncnc3c2CCN(c2ncccc2C(F)(F)F)CC3)c(N2CCCCC2)c1.O=S(=O)(O)O. The largest absolute Gasteiger partial charge is 0.419 e. The van der Waals surface area contributed by atoms with Crippen molar-refractivity contribution >= 4 is 33.4 Å². The monoisotopic (exact) mass is 634 g/mol. The van der Waals surface area contributed by atoms with Gasteiger partial charge in [-0.05, 0) is 56.0 Å². The summed E-state index contributed by atoms with van der Waals surface area (Å²) in [5.74, 6) is 0.303. The topological polar surface area (TPSA) is 132 Å². The van der Waals surface area contributed by atoms with Crippen molar-refractivity contribution in [2.75, 3.05) is 41.3 Å². The summed E-state index contributed by atoms with van der Waals surface area (Å²) < 4.78 is 113. The number of piperidine rings is 1. The zero-order valence-corrected chi connectivity index (χ0v) is 23.3. The average molecular weight is 635 g/mol. The first-order valence-electron chi connectivity index (χ1n) is 13.1. The lowest BCUT2D eigenvalue weighted by Crippen LogP contribution is -2.30. The Labute approximate surface area is 243 Å². The Morgan fingerprint density at radius 3 is 2.14 bits per heavy atom. The molecule has 0 amide bonds. The molecule has 0 radical (unpaired) electrons. The van der Waals surface area contributed by atoms with E-state index in [-0.39, 0.29) is 18.9 Å². The van der Waals surface area contributed by atoms with Crippen LogP contribution < -0.4 is 15.1 Å². The molecule has 2 aliphatic rings. The van der Waals surface area contributed by atoms with Crippen molar-refractivity contribution in [3.63, 3.8) is 0 Å². The van der Waals surface area contributed by atoms with Crippen molar-refractivity contribution in [1.82, 2.24) is 15.0 Å². The van der Waals surface area contributed by atoms with Crippen molar-refractivity contribution in [3.8, 4) is 0 Å². The summed E-state index contributed by atoms with van der Waals surface area (Å²) in [5.41, 5.74) is 0.823. The summed E-state index contributed by atoms with van der Waals surface area (Å²) in [6, 6.07) is 5.89. The highest BCUT2D eigenvalue weighted by molar-refractivity contribution is 7.79. The van der Waals surface area contributed by atoms with Gasteiger partial charge in [-0.2, -0.15) is 34.8 Å². The molecule has 0 atom stereocenters. The van der Waals surface area contributed by atoms with Crippen LogP contribution in [-0.2, 0) is 35.6 Å². The Bertz CT molecular complexity index is 1520. The smallest absolute Gasteiger partial charge is 0.370 e. The van der Waals surface area contributed by atoms with Crippen LogP contribution >= 0.6 is 0 Å². The molecule has 1 aromatic carbocycles. The third-order valence-corrected chi connectivity index (χ3v) is 6.95. The molecule has 0 aliphatic carbocycles. The molecule has 2 aliphatic heterocycles. The van der Waals surface area contributed by atoms with E-state index >= 15 is 0 Å². The van der Waals surface area contributed by atoms with Gasteiger partial charge in [0, 0.05) is 44.4 Å². The number of anilines is 4. The predicted molar refractivity (Wildman–Crippen MR) is 146 cm³/mol. The van der Waals surface area contributed by atoms with E-state index in [0.717, 1.165) is 43.0 Å². The summed E-state index contributed by atoms with van der Waals surface area (Å²) >= 11 is 0. The summed E-state index contributed by atoms with van der Waals surface area (Å²) in [6.45, 7) is 1.83. The molecule has 1 fully saturated rings. The summed E-state index contributed by atoms with van der Waals surface area (Å²) in [7, 11) is -4.67. The van der Waals surface area contributed by atoms with Gasteiger partial charge < -0.3 is 15.1 Å². The minimum absolute atomic E-state index is 0.134. The van der Waals surface area contributed by atoms with Crippen molar-refractivity contribution in [2.24, 2.45) is 0 Å². The number of fused-ring (bicyclic) bond motifs is 1. The van der Waals surface area contributed by atoms with Crippen molar-refractivity contribution in [2.45, 2.75) is 44.5 Å². The molecule has 3 N–H and O–H groups in total. The molecule has 17 heteroatoms. The van der Waals surface area contributed by atoms with Crippen LogP contribution in [0.25, 0.3) is 0 Å². The van der Waals surface area contributed by atoms with Gasteiger partial charge in [-0.1, -0.05) is 0 Å². The fraction of sp³-hybridized carbons (Fsp3) is 0.423. The van der Waals surface area contributed by atoms with Crippen molar-refractivity contribution in [3.05, 3.63) is 65.2 Å². The van der Waals surface area contributed by atoms with E-state index in [9.17, 15) is 26.3 Å². The van der Waals surface area contributed by atoms with Crippen LogP contribution in [0.2, 0.25) is 0 Å². The molecule has 0 spiro atoms. The maximum atomic E-state index is 13.6. The summed E-state index contributed by atoms with van der Waals surface area (Å²) in [6.07, 6.45) is -2.80. The Morgan fingerprint density at radius 2 is 1.49 bits per heavy atom. The summed E-state index contributed by atoms with van der Waals surface area (Å²) in [4.78, 5) is 16.3. The molecular formula is C26H28F6N6O4S. The van der Waals surface area contributed by atoms with Gasteiger partial charge >= 0.3 is 22.8 Å². The first kappa shape index (κ1) is 32.2. The van der Waals surface area contributed by atoms with Crippen LogP contribution in [0.3, 0.4) is 0 Å². The maximum absolute atomic E-state index is 13.6. The van der Waals surface area contributed by atoms with Crippen molar-refractivity contribution < 1.29 is 43.9 Å². The molecule has 0 saturated carbocycles. The number of hydrogen-bond acceptors (Lipinski definition) is 8. The second-order valence-corrected chi connectivity index (χ2v) is 10.8. The zero-order valence-electron chi connectivity index (χ0n) is 22.5. The van der Waals surface area contributed by atoms with Gasteiger partial charge in [0.05, 0.1) is 28.2 Å². The molecule has 0 unspecified atom stereocenters. The average Bonchev–Trinajstić information content (AvgIpc) is 3.15. The van der Waals surface area contributed by atoms with E-state index < -0.39 is 33.9 Å². The van der Waals surface area contributed by atoms with Crippen LogP contribution in [0.15, 0.2) is 42.9 Å². The lowest BCUT2D eigenvalue weighted by molar-refractivity contribution is -0.138. The van der Waals surface area contributed by atoms with Gasteiger partial charge in [-0.3, -0.25) is 9.11 Å². The zero-order chi connectivity index (χ0) is 31.4. The number of nitrogens with zero attached hydrogens (tertiary/aromatic N) is 5. The van der Waals surface area contributed by atoms with E-state index in [0.29, 0.717) is 48.8 Å². The number of aromatic nitrogens is 3. The minimum atomic E-state index is -4.67. The number of hydrogen-bond donors (Lipinski definition) is 3. The molecule has 5 rings (SSSR count). The molecule has 0 bridgehead atoms. The molecule has 4 heterocycles. The lowest BCUT2D eigenvalue weighted by Gasteiger charge is -2.31. The fourth-order valence-electron chi connectivity index (χ4n) is 5.05. The third-order valence-electron chi connectivity index (χ3n) is 6.95. The molecule has 1 saturated heterocycles. The number of halogens is 6. The van der Waals surface area contributed by atoms with Gasteiger partial charge in [-0.15, -0.1) is 0 Å². The molecule has 3 aromatic rings. The Kier molecular flexibility index (Phi) is 9.66. The maximum Gasteiger partial charge on any atom is 0.419 e. The van der Waals surface area contributed by atoms with Crippen LogP contribution in [0, 0.1) is 0 Å². The molecule has 2 aromatic heterocycles. The quantitative estimate of drug-likeness (QED) is 0.246. The fourth-order valence-corrected chi connectivity index (χ4v) is 5.05. The van der Waals surface area contributed by atoms with Crippen LogP contribution in [0.1, 0.15) is 41.6 Å². The van der Waals surface area contributed by atoms with E-state index in [1.54, 1.807) is 4.90 Å². The normalized spacial score (nSPS) is 16.1. The lowest BCUT2D eigenvalue weighted by atomic mass is 10.1. The Hall–Kier alpha value is -3.70. The third kappa shape index (κ3) is 8.67. The number of pyridine rings is 1. The number of nitrogens with one attached hydrogen (secondary N) is 1. The first-order chi connectivity index (χ1) is 20.1. The van der Waals surface area contributed by atoms with Gasteiger partial charge in [0.25, 0.3) is 0 Å². The molecule has 43 heavy (non-hydrogen) atoms. The van der Waals surface area contributed by atoms with Crippen LogP contribution in [0.5, 0.6) is 0 Å². The van der Waals surface area contributed by atoms with Gasteiger partial charge in [0.1, 0.15) is 18.0 Å². The highest BCUT2D eigenvalue weighted by Gasteiger charge is 2.36. The molecule has 10 nitrogen and oxygen atoms in total. The second kappa shape index (κ2) is 12.9. The Balaban J connectivity index is 0.000000782. The minimum Gasteiger partial charge on any atom is -0.370 e. The van der Waals surface area contributed by atoms with Crippen LogP contribution in [-0.4, -0.2) is 58.7 Å². The van der Waals surface area contributed by atoms with Gasteiger partial charge in [-0.25, -0.2) is 15.0 Å². The number of benzene rings is 1. The van der Waals surface area contributed by atoms with Crippen LogP contribution in [0.4, 0.5) is 49.4 Å². The summed E-state index contributed by atoms with van der Waals surface area (Å²) in [5, 5.41) is 3.22. The van der Waals surface area contributed by atoms with Gasteiger partial charge in [0.2, 0.25) is 0 Å².